The van der Waals surface area contributed by atoms with E-state index in [9.17, 15) is 9.59 Å². The van der Waals surface area contributed by atoms with Crippen LogP contribution in [0.1, 0.15) is 39.9 Å². The van der Waals surface area contributed by atoms with Gasteiger partial charge in [0, 0.05) is 30.5 Å². The molecular weight excluding hydrogens is 280 g/mol. The largest absolute Gasteiger partial charge is 0.467 e. The second-order valence-electron chi connectivity index (χ2n) is 7.62. The average Bonchev–Trinajstić information content (AvgIpc) is 3.07. The van der Waals surface area contributed by atoms with Gasteiger partial charge in [-0.1, -0.05) is 13.8 Å². The molecule has 0 unspecified atom stereocenters. The van der Waals surface area contributed by atoms with Crippen molar-refractivity contribution in [3.8, 4) is 0 Å². The maximum Gasteiger partial charge on any atom is 0.228 e. The highest BCUT2D eigenvalue weighted by atomic mass is 16.3. The maximum atomic E-state index is 12.7. The molecule has 120 valence electrons. The lowest BCUT2D eigenvalue weighted by atomic mass is 9.65. The van der Waals surface area contributed by atoms with E-state index in [0.717, 1.165) is 12.3 Å². The summed E-state index contributed by atoms with van der Waals surface area (Å²) >= 11 is 0. The van der Waals surface area contributed by atoms with Crippen molar-refractivity contribution in [3.05, 3.63) is 24.2 Å². The second-order valence-corrected chi connectivity index (χ2v) is 7.62. The topological polar surface area (TPSA) is 53.8 Å². The Bertz CT molecular complexity index is 589. The molecule has 22 heavy (non-hydrogen) atoms. The van der Waals surface area contributed by atoms with Crippen LogP contribution >= 0.6 is 0 Å². The van der Waals surface area contributed by atoms with Gasteiger partial charge in [-0.2, -0.15) is 0 Å². The normalized spacial score (nSPS) is 26.2. The van der Waals surface area contributed by atoms with Crippen LogP contribution in [0.2, 0.25) is 0 Å². The molecule has 2 fully saturated rings. The van der Waals surface area contributed by atoms with Crippen molar-refractivity contribution in [1.82, 2.24) is 9.80 Å². The summed E-state index contributed by atoms with van der Waals surface area (Å²) in [5, 5.41) is 0. The van der Waals surface area contributed by atoms with E-state index < -0.39 is 0 Å². The van der Waals surface area contributed by atoms with Gasteiger partial charge in [-0.3, -0.25) is 9.59 Å². The van der Waals surface area contributed by atoms with Gasteiger partial charge in [-0.05, 0) is 26.0 Å². The molecule has 0 bridgehead atoms. The monoisotopic (exact) mass is 304 g/mol. The molecule has 2 amide bonds. The van der Waals surface area contributed by atoms with Gasteiger partial charge in [0.05, 0.1) is 18.7 Å². The van der Waals surface area contributed by atoms with E-state index in [2.05, 4.69) is 27.7 Å². The van der Waals surface area contributed by atoms with Crippen LogP contribution < -0.4 is 0 Å². The SMILES string of the molecule is CC1(C)CN(C(=O)[C@H]2CC(=O)N(Cc3ccco3)C2)C1(C)C. The summed E-state index contributed by atoms with van der Waals surface area (Å²) in [7, 11) is 0. The lowest BCUT2D eigenvalue weighted by Gasteiger charge is -2.61. The predicted octanol–water partition coefficient (Wildman–Crippen LogP) is 2.28. The minimum absolute atomic E-state index is 0.0346. The van der Waals surface area contributed by atoms with Crippen molar-refractivity contribution in [2.45, 2.75) is 46.2 Å². The van der Waals surface area contributed by atoms with Gasteiger partial charge >= 0.3 is 0 Å². The molecular formula is C17H24N2O3. The molecule has 1 aromatic rings. The molecule has 0 saturated carbocycles. The van der Waals surface area contributed by atoms with Gasteiger partial charge in [-0.25, -0.2) is 0 Å². The van der Waals surface area contributed by atoms with Crippen LogP contribution in [0.4, 0.5) is 0 Å². The number of rotatable bonds is 3. The van der Waals surface area contributed by atoms with Crippen LogP contribution in [0.5, 0.6) is 0 Å². The van der Waals surface area contributed by atoms with E-state index in [1.54, 1.807) is 11.2 Å². The van der Waals surface area contributed by atoms with Crippen molar-refractivity contribution in [1.29, 1.82) is 0 Å². The molecule has 5 nitrogen and oxygen atoms in total. The first-order chi connectivity index (χ1) is 10.2. The summed E-state index contributed by atoms with van der Waals surface area (Å²) in [6.45, 7) is 10.3. The number of carbonyl (C=O) groups is 2. The molecule has 2 aliphatic heterocycles. The summed E-state index contributed by atoms with van der Waals surface area (Å²) in [6, 6.07) is 3.66. The van der Waals surface area contributed by atoms with E-state index >= 15 is 0 Å². The van der Waals surface area contributed by atoms with Crippen molar-refractivity contribution in [2.75, 3.05) is 13.1 Å². The third kappa shape index (κ3) is 2.23. The minimum atomic E-state index is -0.224. The molecule has 2 aliphatic rings. The van der Waals surface area contributed by atoms with E-state index in [4.69, 9.17) is 4.42 Å². The standard InChI is InChI=1S/C17H24N2O3/c1-16(2)11-19(17(16,3)4)15(21)12-8-14(20)18(9-12)10-13-6-5-7-22-13/h5-7,12H,8-11H2,1-4H3/t12-/m0/s1. The Balaban J connectivity index is 1.65. The number of nitrogens with zero attached hydrogens (tertiary/aromatic N) is 2. The van der Waals surface area contributed by atoms with E-state index in [1.165, 1.54) is 0 Å². The van der Waals surface area contributed by atoms with Gasteiger partial charge < -0.3 is 14.2 Å². The third-order valence-electron chi connectivity index (χ3n) is 5.64. The number of amides is 2. The zero-order valence-corrected chi connectivity index (χ0v) is 13.8. The number of hydrogen-bond donors (Lipinski definition) is 0. The van der Waals surface area contributed by atoms with Crippen LogP contribution in [0.25, 0.3) is 0 Å². The molecule has 1 aromatic heterocycles. The highest BCUT2D eigenvalue weighted by Gasteiger charge is 2.56. The first kappa shape index (κ1) is 15.1. The lowest BCUT2D eigenvalue weighted by Crippen LogP contribution is -2.71. The van der Waals surface area contributed by atoms with Crippen molar-refractivity contribution in [2.24, 2.45) is 11.3 Å². The Morgan fingerprint density at radius 1 is 1.36 bits per heavy atom. The molecule has 5 heteroatoms. The molecule has 0 aliphatic carbocycles. The molecule has 0 aromatic carbocycles. The van der Waals surface area contributed by atoms with Gasteiger partial charge in [-0.15, -0.1) is 0 Å². The Kier molecular flexibility index (Phi) is 3.34. The molecule has 0 radical (unpaired) electrons. The Morgan fingerprint density at radius 3 is 2.64 bits per heavy atom. The van der Waals surface area contributed by atoms with Crippen LogP contribution in [-0.4, -0.2) is 40.2 Å². The van der Waals surface area contributed by atoms with Gasteiger partial charge in [0.2, 0.25) is 11.8 Å². The Labute approximate surface area is 131 Å². The fraction of sp³-hybridized carbons (Fsp3) is 0.647. The van der Waals surface area contributed by atoms with Crippen LogP contribution in [0.15, 0.2) is 22.8 Å². The summed E-state index contributed by atoms with van der Waals surface area (Å²) in [4.78, 5) is 28.5. The minimum Gasteiger partial charge on any atom is -0.467 e. The van der Waals surface area contributed by atoms with Crippen molar-refractivity contribution < 1.29 is 14.0 Å². The van der Waals surface area contributed by atoms with E-state index in [1.807, 2.05) is 17.0 Å². The van der Waals surface area contributed by atoms with Crippen LogP contribution in [-0.2, 0) is 16.1 Å². The first-order valence-electron chi connectivity index (χ1n) is 7.84. The highest BCUT2D eigenvalue weighted by molar-refractivity contribution is 5.90. The summed E-state index contributed by atoms with van der Waals surface area (Å²) in [6.07, 6.45) is 1.91. The first-order valence-corrected chi connectivity index (χ1v) is 7.84. The average molecular weight is 304 g/mol. The van der Waals surface area contributed by atoms with Crippen LogP contribution in [0, 0.1) is 11.3 Å². The van der Waals surface area contributed by atoms with E-state index in [0.29, 0.717) is 19.5 Å². The fourth-order valence-corrected chi connectivity index (χ4v) is 3.32. The summed E-state index contributed by atoms with van der Waals surface area (Å²) < 4.78 is 5.29. The molecule has 3 rings (SSSR count). The third-order valence-corrected chi connectivity index (χ3v) is 5.64. The lowest BCUT2D eigenvalue weighted by molar-refractivity contribution is -0.171. The number of hydrogen-bond acceptors (Lipinski definition) is 3. The number of likely N-dealkylation sites (tertiary alicyclic amines) is 2. The van der Waals surface area contributed by atoms with Crippen molar-refractivity contribution in [3.63, 3.8) is 0 Å². The predicted molar refractivity (Wildman–Crippen MR) is 81.8 cm³/mol. The summed E-state index contributed by atoms with van der Waals surface area (Å²) in [5.74, 6) is 0.677. The molecule has 0 N–H and O–H groups in total. The van der Waals surface area contributed by atoms with E-state index in [-0.39, 0.29) is 28.7 Å². The van der Waals surface area contributed by atoms with Crippen LogP contribution in [0.3, 0.4) is 0 Å². The van der Waals surface area contributed by atoms with Gasteiger partial charge in [0.1, 0.15) is 5.76 Å². The molecule has 1 atom stereocenters. The molecule has 2 saturated heterocycles. The number of carbonyl (C=O) groups excluding carboxylic acids is 2. The second kappa shape index (κ2) is 4.86. The zero-order chi connectivity index (χ0) is 16.1. The highest BCUT2D eigenvalue weighted by Crippen LogP contribution is 2.47. The number of furan rings is 1. The summed E-state index contributed by atoms with van der Waals surface area (Å²) in [5.41, 5.74) is -0.0271. The molecule has 3 heterocycles. The zero-order valence-electron chi connectivity index (χ0n) is 13.8. The fourth-order valence-electron chi connectivity index (χ4n) is 3.32. The van der Waals surface area contributed by atoms with Gasteiger partial charge in [0.25, 0.3) is 0 Å². The Morgan fingerprint density at radius 2 is 2.09 bits per heavy atom. The maximum absolute atomic E-state index is 12.7. The van der Waals surface area contributed by atoms with Gasteiger partial charge in [0.15, 0.2) is 0 Å². The molecule has 0 spiro atoms. The quantitative estimate of drug-likeness (QED) is 0.861. The van der Waals surface area contributed by atoms with Crippen molar-refractivity contribution >= 4 is 11.8 Å². The smallest absolute Gasteiger partial charge is 0.228 e. The Hall–Kier alpha value is -1.78.